The summed E-state index contributed by atoms with van der Waals surface area (Å²) < 4.78 is 1.59. The largest absolute Gasteiger partial charge is 0.347 e. The lowest BCUT2D eigenvalue weighted by molar-refractivity contribution is 0.0928. The van der Waals surface area contributed by atoms with Gasteiger partial charge in [-0.05, 0) is 33.3 Å². The number of rotatable bonds is 4. The van der Waals surface area contributed by atoms with Crippen molar-refractivity contribution in [2.24, 2.45) is 0 Å². The molecule has 6 heteroatoms. The number of fused-ring (bicyclic) bond motifs is 1. The lowest BCUT2D eigenvalue weighted by atomic mass is 10.2. The normalized spacial score (nSPS) is 12.6. The van der Waals surface area contributed by atoms with Crippen LogP contribution in [0.1, 0.15) is 48.7 Å². The van der Waals surface area contributed by atoms with E-state index in [0.29, 0.717) is 5.78 Å². The Balaban J connectivity index is 2.26. The van der Waals surface area contributed by atoms with Crippen LogP contribution in [-0.2, 0) is 0 Å². The Morgan fingerprint density at radius 1 is 1.42 bits per heavy atom. The molecule has 0 fully saturated rings. The molecular formula is C13H19N5O. The van der Waals surface area contributed by atoms with Gasteiger partial charge < -0.3 is 5.32 Å². The van der Waals surface area contributed by atoms with Gasteiger partial charge in [0.2, 0.25) is 5.82 Å². The van der Waals surface area contributed by atoms with Crippen molar-refractivity contribution < 1.29 is 4.79 Å². The highest BCUT2D eigenvalue weighted by molar-refractivity contribution is 5.91. The smallest absolute Gasteiger partial charge is 0.291 e. The van der Waals surface area contributed by atoms with Crippen molar-refractivity contribution in [2.75, 3.05) is 0 Å². The summed E-state index contributed by atoms with van der Waals surface area (Å²) in [5, 5.41) is 7.08. The molecule has 0 aromatic carbocycles. The minimum atomic E-state index is -0.247. The zero-order valence-corrected chi connectivity index (χ0v) is 11.8. The zero-order valence-electron chi connectivity index (χ0n) is 11.8. The van der Waals surface area contributed by atoms with E-state index < -0.39 is 0 Å². The third kappa shape index (κ3) is 2.89. The fraction of sp³-hybridized carbons (Fsp3) is 0.538. The molecule has 1 atom stereocenters. The van der Waals surface area contributed by atoms with E-state index in [0.717, 1.165) is 24.2 Å². The SMILES string of the molecule is CCC[C@H](C)NC(=O)c1nc2nc(C)cc(C)n2n1. The van der Waals surface area contributed by atoms with Crippen LogP contribution in [0.15, 0.2) is 6.07 Å². The van der Waals surface area contributed by atoms with Crippen LogP contribution < -0.4 is 5.32 Å². The van der Waals surface area contributed by atoms with Crippen LogP contribution in [0, 0.1) is 13.8 Å². The standard InChI is InChI=1S/C13H19N5O/c1-5-6-8(2)14-12(19)11-16-13-15-9(3)7-10(4)18(13)17-11/h7-8H,5-6H2,1-4H3,(H,14,19)/t8-/m0/s1. The Kier molecular flexibility index (Phi) is 3.78. The summed E-state index contributed by atoms with van der Waals surface area (Å²) in [5.74, 6) is 0.387. The van der Waals surface area contributed by atoms with Crippen molar-refractivity contribution in [1.29, 1.82) is 0 Å². The van der Waals surface area contributed by atoms with Gasteiger partial charge in [-0.1, -0.05) is 13.3 Å². The van der Waals surface area contributed by atoms with Crippen molar-refractivity contribution in [1.82, 2.24) is 24.9 Å². The molecule has 2 aromatic heterocycles. The molecule has 0 aliphatic rings. The summed E-state index contributed by atoms with van der Waals surface area (Å²) >= 11 is 0. The molecule has 1 N–H and O–H groups in total. The number of aromatic nitrogens is 4. The first-order chi connectivity index (χ1) is 9.01. The van der Waals surface area contributed by atoms with Crippen LogP contribution in [0.2, 0.25) is 0 Å². The van der Waals surface area contributed by atoms with Crippen molar-refractivity contribution >= 4 is 11.7 Å². The zero-order chi connectivity index (χ0) is 14.0. The number of amides is 1. The van der Waals surface area contributed by atoms with Gasteiger partial charge in [-0.25, -0.2) is 9.50 Å². The van der Waals surface area contributed by atoms with E-state index >= 15 is 0 Å². The van der Waals surface area contributed by atoms with Crippen LogP contribution in [0.5, 0.6) is 0 Å². The van der Waals surface area contributed by atoms with Gasteiger partial charge in [0.25, 0.3) is 11.7 Å². The van der Waals surface area contributed by atoms with E-state index in [4.69, 9.17) is 0 Å². The van der Waals surface area contributed by atoms with Crippen LogP contribution in [-0.4, -0.2) is 31.5 Å². The number of carbonyl (C=O) groups is 1. The molecule has 0 unspecified atom stereocenters. The van der Waals surface area contributed by atoms with Gasteiger partial charge >= 0.3 is 0 Å². The summed E-state index contributed by atoms with van der Waals surface area (Å²) in [6.07, 6.45) is 1.97. The van der Waals surface area contributed by atoms with E-state index in [9.17, 15) is 4.79 Å². The average Bonchev–Trinajstić information content (AvgIpc) is 2.73. The Labute approximate surface area is 112 Å². The summed E-state index contributed by atoms with van der Waals surface area (Å²) in [4.78, 5) is 20.5. The average molecular weight is 261 g/mol. The third-order valence-electron chi connectivity index (χ3n) is 2.92. The van der Waals surface area contributed by atoms with Gasteiger partial charge in [0.1, 0.15) is 0 Å². The van der Waals surface area contributed by atoms with Crippen LogP contribution in [0.25, 0.3) is 5.78 Å². The fourth-order valence-corrected chi connectivity index (χ4v) is 2.06. The minimum Gasteiger partial charge on any atom is -0.347 e. The quantitative estimate of drug-likeness (QED) is 0.908. The molecule has 0 saturated heterocycles. The number of nitrogens with one attached hydrogen (secondary N) is 1. The molecule has 0 aliphatic carbocycles. The second-order valence-corrected chi connectivity index (χ2v) is 4.85. The fourth-order valence-electron chi connectivity index (χ4n) is 2.06. The Hall–Kier alpha value is -1.98. The lowest BCUT2D eigenvalue weighted by Gasteiger charge is -2.10. The minimum absolute atomic E-state index is 0.125. The molecule has 2 heterocycles. The first-order valence-corrected chi connectivity index (χ1v) is 6.53. The number of carbonyl (C=O) groups excluding carboxylic acids is 1. The van der Waals surface area contributed by atoms with Gasteiger partial charge in [-0.15, -0.1) is 5.10 Å². The number of aryl methyl sites for hydroxylation is 2. The maximum absolute atomic E-state index is 12.0. The monoisotopic (exact) mass is 261 g/mol. The van der Waals surface area contributed by atoms with Crippen molar-refractivity contribution in [2.45, 2.75) is 46.6 Å². The molecular weight excluding hydrogens is 242 g/mol. The Bertz CT molecular complexity index is 604. The van der Waals surface area contributed by atoms with Gasteiger partial charge in [-0.3, -0.25) is 4.79 Å². The van der Waals surface area contributed by atoms with Gasteiger partial charge in [-0.2, -0.15) is 4.98 Å². The summed E-state index contributed by atoms with van der Waals surface area (Å²) in [6, 6.07) is 2.03. The maximum atomic E-state index is 12.0. The van der Waals surface area contributed by atoms with Crippen molar-refractivity contribution in [3.63, 3.8) is 0 Å². The van der Waals surface area contributed by atoms with Gasteiger partial charge in [0, 0.05) is 17.4 Å². The molecule has 0 spiro atoms. The molecule has 0 radical (unpaired) electrons. The molecule has 6 nitrogen and oxygen atoms in total. The van der Waals surface area contributed by atoms with Crippen molar-refractivity contribution in [3.05, 3.63) is 23.3 Å². The van der Waals surface area contributed by atoms with Crippen LogP contribution >= 0.6 is 0 Å². The molecule has 102 valence electrons. The molecule has 0 aliphatic heterocycles. The van der Waals surface area contributed by atoms with Crippen LogP contribution in [0.4, 0.5) is 0 Å². The Morgan fingerprint density at radius 3 is 2.84 bits per heavy atom. The third-order valence-corrected chi connectivity index (χ3v) is 2.92. The summed E-state index contributed by atoms with van der Waals surface area (Å²) in [7, 11) is 0. The second-order valence-electron chi connectivity index (χ2n) is 4.85. The van der Waals surface area contributed by atoms with Crippen LogP contribution in [0.3, 0.4) is 0 Å². The van der Waals surface area contributed by atoms with E-state index in [1.54, 1.807) is 4.52 Å². The summed E-state index contributed by atoms with van der Waals surface area (Å²) in [5.41, 5.74) is 1.78. The van der Waals surface area contributed by atoms with E-state index in [-0.39, 0.29) is 17.8 Å². The molecule has 2 rings (SSSR count). The molecule has 2 aromatic rings. The lowest BCUT2D eigenvalue weighted by Crippen LogP contribution is -2.33. The topological polar surface area (TPSA) is 72.2 Å². The highest BCUT2D eigenvalue weighted by Crippen LogP contribution is 2.05. The Morgan fingerprint density at radius 2 is 2.16 bits per heavy atom. The van der Waals surface area contributed by atoms with Gasteiger partial charge in [0.15, 0.2) is 0 Å². The van der Waals surface area contributed by atoms with E-state index in [1.165, 1.54) is 0 Å². The molecule has 1 amide bonds. The number of hydrogen-bond acceptors (Lipinski definition) is 4. The first-order valence-electron chi connectivity index (χ1n) is 6.53. The highest BCUT2D eigenvalue weighted by atomic mass is 16.2. The second kappa shape index (κ2) is 5.34. The first kappa shape index (κ1) is 13.5. The maximum Gasteiger partial charge on any atom is 0.291 e. The molecule has 0 bridgehead atoms. The molecule has 0 saturated carbocycles. The summed E-state index contributed by atoms with van der Waals surface area (Å²) in [6.45, 7) is 7.87. The van der Waals surface area contributed by atoms with E-state index in [2.05, 4.69) is 27.3 Å². The molecule has 19 heavy (non-hydrogen) atoms. The van der Waals surface area contributed by atoms with Crippen molar-refractivity contribution in [3.8, 4) is 0 Å². The number of hydrogen-bond donors (Lipinski definition) is 1. The van der Waals surface area contributed by atoms with E-state index in [1.807, 2.05) is 26.8 Å². The highest BCUT2D eigenvalue weighted by Gasteiger charge is 2.16. The van der Waals surface area contributed by atoms with Gasteiger partial charge in [0.05, 0.1) is 0 Å². The number of nitrogens with zero attached hydrogens (tertiary/aromatic N) is 4. The predicted octanol–water partition coefficient (Wildman–Crippen LogP) is 1.66. The predicted molar refractivity (Wildman–Crippen MR) is 72.1 cm³/mol.